The van der Waals surface area contributed by atoms with Gasteiger partial charge in [-0.25, -0.2) is 4.68 Å². The van der Waals surface area contributed by atoms with Crippen LogP contribution >= 0.6 is 0 Å². The molecule has 0 bridgehead atoms. The van der Waals surface area contributed by atoms with E-state index in [0.29, 0.717) is 31.2 Å². The van der Waals surface area contributed by atoms with E-state index >= 15 is 0 Å². The molecule has 0 radical (unpaired) electrons. The number of hydrogen-bond acceptors (Lipinski definition) is 4. The molecule has 2 aromatic heterocycles. The van der Waals surface area contributed by atoms with Crippen LogP contribution in [-0.4, -0.2) is 43.9 Å². The third kappa shape index (κ3) is 4.03. The lowest BCUT2D eigenvalue weighted by atomic mass is 9.92. The van der Waals surface area contributed by atoms with Crippen LogP contribution in [0.2, 0.25) is 0 Å². The van der Waals surface area contributed by atoms with Crippen molar-refractivity contribution >= 4 is 5.91 Å². The van der Waals surface area contributed by atoms with Gasteiger partial charge in [0.05, 0.1) is 5.69 Å². The van der Waals surface area contributed by atoms with Gasteiger partial charge >= 0.3 is 0 Å². The van der Waals surface area contributed by atoms with Crippen LogP contribution in [0.3, 0.4) is 0 Å². The predicted molar refractivity (Wildman–Crippen MR) is 99.1 cm³/mol. The molecule has 1 amide bonds. The minimum Gasteiger partial charge on any atom is -0.337 e. The second kappa shape index (κ2) is 7.05. The number of likely N-dealkylation sites (tertiary alicyclic amines) is 1. The zero-order valence-electron chi connectivity index (χ0n) is 16.0. The second-order valence-electron chi connectivity index (χ2n) is 8.16. The fourth-order valence-electron chi connectivity index (χ4n) is 3.23. The lowest BCUT2D eigenvalue weighted by Crippen LogP contribution is -2.40. The SMILES string of the molecule is Cc1cc(C(=O)N2CCC(Cn3nc(C(C)(C)C)ccc3=O)CC2)n[nH]1. The van der Waals surface area contributed by atoms with Gasteiger partial charge in [-0.1, -0.05) is 20.8 Å². The monoisotopic (exact) mass is 357 g/mol. The van der Waals surface area contributed by atoms with Gasteiger partial charge in [-0.15, -0.1) is 0 Å². The Bertz CT molecular complexity index is 838. The van der Waals surface area contributed by atoms with Gasteiger partial charge in [0, 0.05) is 36.8 Å². The van der Waals surface area contributed by atoms with E-state index in [1.807, 2.05) is 17.9 Å². The fraction of sp³-hybridized carbons (Fsp3) is 0.579. The van der Waals surface area contributed by atoms with E-state index in [9.17, 15) is 9.59 Å². The van der Waals surface area contributed by atoms with Crippen LogP contribution in [0.15, 0.2) is 23.0 Å². The van der Waals surface area contributed by atoms with Gasteiger partial charge in [-0.3, -0.25) is 14.7 Å². The standard InChI is InChI=1S/C19H27N5O2/c1-13-11-15(21-20-13)18(26)23-9-7-14(8-10-23)12-24-17(25)6-5-16(22-24)19(2,3)4/h5-6,11,14H,7-10,12H2,1-4H3,(H,20,21). The Hall–Kier alpha value is -2.44. The molecule has 1 fully saturated rings. The molecule has 0 unspecified atom stereocenters. The van der Waals surface area contributed by atoms with E-state index in [1.54, 1.807) is 16.8 Å². The first-order chi connectivity index (χ1) is 12.2. The highest BCUT2D eigenvalue weighted by Crippen LogP contribution is 2.21. The number of nitrogens with zero attached hydrogens (tertiary/aromatic N) is 4. The van der Waals surface area contributed by atoms with Crippen LogP contribution in [0.5, 0.6) is 0 Å². The molecule has 7 nitrogen and oxygen atoms in total. The van der Waals surface area contributed by atoms with Crippen LogP contribution in [0.1, 0.15) is 55.5 Å². The molecule has 140 valence electrons. The third-order valence-electron chi connectivity index (χ3n) is 4.89. The Kier molecular flexibility index (Phi) is 4.98. The quantitative estimate of drug-likeness (QED) is 0.912. The Morgan fingerprint density at radius 1 is 1.27 bits per heavy atom. The zero-order chi connectivity index (χ0) is 18.9. The molecule has 2 aromatic rings. The molecule has 0 atom stereocenters. The number of carbonyl (C=O) groups excluding carboxylic acids is 1. The summed E-state index contributed by atoms with van der Waals surface area (Å²) < 4.78 is 1.58. The summed E-state index contributed by atoms with van der Waals surface area (Å²) in [5.74, 6) is 0.318. The van der Waals surface area contributed by atoms with Crippen molar-refractivity contribution in [2.45, 2.75) is 52.5 Å². The maximum atomic E-state index is 12.5. The van der Waals surface area contributed by atoms with Crippen molar-refractivity contribution in [2.75, 3.05) is 13.1 Å². The molecular formula is C19H27N5O2. The average Bonchev–Trinajstić information content (AvgIpc) is 3.02. The molecular weight excluding hydrogens is 330 g/mol. The van der Waals surface area contributed by atoms with Crippen molar-refractivity contribution in [3.8, 4) is 0 Å². The molecule has 1 saturated heterocycles. The van der Waals surface area contributed by atoms with Gasteiger partial charge < -0.3 is 4.90 Å². The van der Waals surface area contributed by atoms with Gasteiger partial charge in [0.15, 0.2) is 0 Å². The summed E-state index contributed by atoms with van der Waals surface area (Å²) in [6, 6.07) is 5.19. The highest BCUT2D eigenvalue weighted by atomic mass is 16.2. The molecule has 1 aliphatic rings. The Labute approximate surface area is 153 Å². The summed E-state index contributed by atoms with van der Waals surface area (Å²) in [6.45, 7) is 10.1. The Morgan fingerprint density at radius 3 is 2.54 bits per heavy atom. The van der Waals surface area contributed by atoms with E-state index in [4.69, 9.17) is 0 Å². The third-order valence-corrected chi connectivity index (χ3v) is 4.89. The maximum absolute atomic E-state index is 12.5. The molecule has 1 aliphatic heterocycles. The number of hydrogen-bond donors (Lipinski definition) is 1. The number of rotatable bonds is 3. The van der Waals surface area contributed by atoms with Crippen LogP contribution in [0.4, 0.5) is 0 Å². The van der Waals surface area contributed by atoms with Gasteiger partial charge in [-0.2, -0.15) is 10.2 Å². The fourth-order valence-corrected chi connectivity index (χ4v) is 3.23. The predicted octanol–water partition coefficient (Wildman–Crippen LogP) is 2.12. The van der Waals surface area contributed by atoms with E-state index in [2.05, 4.69) is 36.1 Å². The van der Waals surface area contributed by atoms with E-state index in [-0.39, 0.29) is 16.9 Å². The van der Waals surface area contributed by atoms with E-state index in [1.165, 1.54) is 0 Å². The molecule has 26 heavy (non-hydrogen) atoms. The van der Waals surface area contributed by atoms with Gasteiger partial charge in [0.2, 0.25) is 0 Å². The molecule has 0 aromatic carbocycles. The lowest BCUT2D eigenvalue weighted by Gasteiger charge is -2.31. The van der Waals surface area contributed by atoms with E-state index in [0.717, 1.165) is 24.2 Å². The Morgan fingerprint density at radius 2 is 1.96 bits per heavy atom. The first-order valence-electron chi connectivity index (χ1n) is 9.14. The summed E-state index contributed by atoms with van der Waals surface area (Å²) in [7, 11) is 0. The number of piperidine rings is 1. The van der Waals surface area contributed by atoms with Crippen molar-refractivity contribution in [2.24, 2.45) is 5.92 Å². The summed E-state index contributed by atoms with van der Waals surface area (Å²) in [5.41, 5.74) is 2.11. The normalized spacial score (nSPS) is 16.1. The molecule has 0 saturated carbocycles. The number of carbonyl (C=O) groups is 1. The number of aryl methyl sites for hydroxylation is 1. The summed E-state index contributed by atoms with van der Waals surface area (Å²) in [5, 5.41) is 11.4. The molecule has 3 heterocycles. The van der Waals surface area contributed by atoms with Crippen molar-refractivity contribution in [3.05, 3.63) is 45.6 Å². The molecule has 3 rings (SSSR count). The Balaban J connectivity index is 1.62. The highest BCUT2D eigenvalue weighted by Gasteiger charge is 2.26. The largest absolute Gasteiger partial charge is 0.337 e. The van der Waals surface area contributed by atoms with Crippen molar-refractivity contribution < 1.29 is 4.79 Å². The lowest BCUT2D eigenvalue weighted by molar-refractivity contribution is 0.0674. The number of nitrogens with one attached hydrogen (secondary N) is 1. The molecule has 7 heteroatoms. The highest BCUT2D eigenvalue weighted by molar-refractivity contribution is 5.92. The zero-order valence-corrected chi connectivity index (χ0v) is 16.0. The topological polar surface area (TPSA) is 83.9 Å². The maximum Gasteiger partial charge on any atom is 0.274 e. The smallest absolute Gasteiger partial charge is 0.274 e. The summed E-state index contributed by atoms with van der Waals surface area (Å²) >= 11 is 0. The van der Waals surface area contributed by atoms with Crippen molar-refractivity contribution in [3.63, 3.8) is 0 Å². The molecule has 0 spiro atoms. The van der Waals surface area contributed by atoms with Gasteiger partial charge in [-0.05, 0) is 37.8 Å². The number of amides is 1. The van der Waals surface area contributed by atoms with Crippen LogP contribution < -0.4 is 5.56 Å². The number of aromatic amines is 1. The van der Waals surface area contributed by atoms with E-state index < -0.39 is 0 Å². The second-order valence-corrected chi connectivity index (χ2v) is 8.16. The number of H-pyrrole nitrogens is 1. The minimum atomic E-state index is -0.0904. The average molecular weight is 357 g/mol. The molecule has 1 N–H and O–H groups in total. The van der Waals surface area contributed by atoms with Gasteiger partial charge in [0.25, 0.3) is 11.5 Å². The minimum absolute atomic E-state index is 0.0298. The van der Waals surface area contributed by atoms with Gasteiger partial charge in [0.1, 0.15) is 5.69 Å². The van der Waals surface area contributed by atoms with Crippen LogP contribution in [0.25, 0.3) is 0 Å². The first-order valence-corrected chi connectivity index (χ1v) is 9.14. The molecule has 0 aliphatic carbocycles. The van der Waals surface area contributed by atoms with Crippen molar-refractivity contribution in [1.82, 2.24) is 24.9 Å². The van der Waals surface area contributed by atoms with Crippen molar-refractivity contribution in [1.29, 1.82) is 0 Å². The number of aromatic nitrogens is 4. The van der Waals surface area contributed by atoms with Crippen LogP contribution in [0, 0.1) is 12.8 Å². The van der Waals surface area contributed by atoms with Crippen LogP contribution in [-0.2, 0) is 12.0 Å². The summed E-state index contributed by atoms with van der Waals surface area (Å²) in [6.07, 6.45) is 1.73. The first kappa shape index (κ1) is 18.4. The summed E-state index contributed by atoms with van der Waals surface area (Å²) in [4.78, 5) is 26.5.